The second-order valence-electron chi connectivity index (χ2n) is 5.68. The molecule has 4 rings (SSSR count). The van der Waals surface area contributed by atoms with E-state index >= 15 is 0 Å². The van der Waals surface area contributed by atoms with Crippen molar-refractivity contribution in [2.45, 2.75) is 31.5 Å². The van der Waals surface area contributed by atoms with Gasteiger partial charge in [0, 0.05) is 30.1 Å². The quantitative estimate of drug-likeness (QED) is 0.867. The Morgan fingerprint density at radius 1 is 1.29 bits per heavy atom. The van der Waals surface area contributed by atoms with Gasteiger partial charge in [-0.15, -0.1) is 5.10 Å². The van der Waals surface area contributed by atoms with E-state index in [0.717, 1.165) is 4.68 Å². The van der Waals surface area contributed by atoms with E-state index in [0.29, 0.717) is 36.1 Å². The minimum Gasteiger partial charge on any atom is -0.328 e. The van der Waals surface area contributed by atoms with Crippen LogP contribution in [0.2, 0.25) is 0 Å². The highest BCUT2D eigenvalue weighted by Gasteiger charge is 2.42. The predicted octanol–water partition coefficient (Wildman–Crippen LogP) is 2.71. The number of halogens is 3. The number of carbonyl (C=O) groups excluding carboxylic acids is 1. The lowest BCUT2D eigenvalue weighted by atomic mass is 9.86. The van der Waals surface area contributed by atoms with Crippen LogP contribution < -0.4 is 5.32 Å². The molecule has 6 nitrogen and oxygen atoms in total. The summed E-state index contributed by atoms with van der Waals surface area (Å²) in [7, 11) is 0. The number of fused-ring (bicyclic) bond motifs is 1. The van der Waals surface area contributed by atoms with Gasteiger partial charge in [0.15, 0.2) is 5.78 Å². The van der Waals surface area contributed by atoms with E-state index in [1.54, 1.807) is 18.3 Å². The molecule has 0 aromatic carbocycles. The maximum atomic E-state index is 13.0. The first-order valence-electron chi connectivity index (χ1n) is 7.42. The van der Waals surface area contributed by atoms with Crippen LogP contribution in [0, 0.1) is 0 Å². The number of hydrogen-bond donors (Lipinski definition) is 1. The highest BCUT2D eigenvalue weighted by Crippen LogP contribution is 2.40. The molecule has 2 aromatic rings. The topological polar surface area (TPSA) is 72.7 Å². The van der Waals surface area contributed by atoms with Crippen molar-refractivity contribution in [1.29, 1.82) is 0 Å². The lowest BCUT2D eigenvalue weighted by molar-refractivity contribution is -0.145. The molecule has 2 aliphatic rings. The summed E-state index contributed by atoms with van der Waals surface area (Å²) < 4.78 is 40.1. The molecule has 0 saturated carbocycles. The van der Waals surface area contributed by atoms with Gasteiger partial charge in [0.05, 0.1) is 0 Å². The maximum absolute atomic E-state index is 13.0. The Hall–Kier alpha value is -2.71. The van der Waals surface area contributed by atoms with E-state index in [1.807, 2.05) is 0 Å². The number of rotatable bonds is 1. The molecule has 1 N–H and O–H groups in total. The molecular weight excluding hydrogens is 323 g/mol. The molecule has 2 aromatic heterocycles. The largest absolute Gasteiger partial charge is 0.453 e. The first-order chi connectivity index (χ1) is 11.4. The Balaban J connectivity index is 1.91. The van der Waals surface area contributed by atoms with E-state index in [9.17, 15) is 18.0 Å². The van der Waals surface area contributed by atoms with Crippen molar-refractivity contribution in [3.63, 3.8) is 0 Å². The highest BCUT2D eigenvalue weighted by atomic mass is 19.4. The van der Waals surface area contributed by atoms with Gasteiger partial charge in [-0.2, -0.15) is 18.2 Å². The van der Waals surface area contributed by atoms with Crippen LogP contribution in [-0.2, 0) is 11.0 Å². The second-order valence-corrected chi connectivity index (χ2v) is 5.68. The van der Waals surface area contributed by atoms with Crippen LogP contribution in [-0.4, -0.2) is 25.5 Å². The molecule has 0 spiro atoms. The van der Waals surface area contributed by atoms with E-state index in [4.69, 9.17) is 0 Å². The minimum atomic E-state index is -4.66. The number of anilines is 1. The summed E-state index contributed by atoms with van der Waals surface area (Å²) in [5, 5.41) is 6.46. The van der Waals surface area contributed by atoms with Crippen molar-refractivity contribution in [2.24, 2.45) is 0 Å². The van der Waals surface area contributed by atoms with Crippen LogP contribution in [0.1, 0.15) is 36.7 Å². The van der Waals surface area contributed by atoms with Crippen LogP contribution in [0.15, 0.2) is 35.8 Å². The van der Waals surface area contributed by atoms with Crippen LogP contribution in [0.3, 0.4) is 0 Å². The molecule has 3 heterocycles. The fourth-order valence-electron chi connectivity index (χ4n) is 3.12. The van der Waals surface area contributed by atoms with Gasteiger partial charge in [-0.3, -0.25) is 9.78 Å². The number of ketones is 1. The number of hydrogen-bond acceptors (Lipinski definition) is 5. The number of nitrogens with one attached hydrogen (secondary N) is 1. The highest BCUT2D eigenvalue weighted by molar-refractivity contribution is 5.99. The molecule has 0 fully saturated rings. The molecule has 1 unspecified atom stereocenters. The SMILES string of the molecule is O=C1CCCC2=C1C(c1cccnc1)n1nc(C(F)(F)F)nc1N2. The van der Waals surface area contributed by atoms with Crippen molar-refractivity contribution in [2.75, 3.05) is 5.32 Å². The minimum absolute atomic E-state index is 0.00960. The predicted molar refractivity (Wildman–Crippen MR) is 76.9 cm³/mol. The number of carbonyl (C=O) groups is 1. The number of aromatic nitrogens is 4. The van der Waals surface area contributed by atoms with Crippen molar-refractivity contribution in [3.8, 4) is 0 Å². The maximum Gasteiger partial charge on any atom is 0.453 e. The summed E-state index contributed by atoms with van der Waals surface area (Å²) in [6.07, 6.45) is 0.0490. The number of allylic oxidation sites excluding steroid dienone is 2. The fourth-order valence-corrected chi connectivity index (χ4v) is 3.12. The monoisotopic (exact) mass is 335 g/mol. The standard InChI is InChI=1S/C15H12F3N5O/c16-15(17,18)13-21-14-20-9-4-1-5-10(24)11(9)12(23(14)22-13)8-3-2-6-19-7-8/h2-3,6-7,12H,1,4-5H2,(H,20,21,22). The average molecular weight is 335 g/mol. The van der Waals surface area contributed by atoms with Gasteiger partial charge in [0.1, 0.15) is 6.04 Å². The van der Waals surface area contributed by atoms with Gasteiger partial charge >= 0.3 is 6.18 Å². The molecular formula is C15H12F3N5O. The molecule has 1 atom stereocenters. The summed E-state index contributed by atoms with van der Waals surface area (Å²) in [5.74, 6) is -1.33. The summed E-state index contributed by atoms with van der Waals surface area (Å²) in [6.45, 7) is 0. The average Bonchev–Trinajstić information content (AvgIpc) is 2.98. The molecule has 0 saturated heterocycles. The molecule has 0 radical (unpaired) electrons. The molecule has 9 heteroatoms. The summed E-state index contributed by atoms with van der Waals surface area (Å²) in [5.41, 5.74) is 1.66. The van der Waals surface area contributed by atoms with Gasteiger partial charge in [-0.1, -0.05) is 6.07 Å². The Labute approximate surface area is 134 Å². The first-order valence-corrected chi connectivity index (χ1v) is 7.42. The van der Waals surface area contributed by atoms with Crippen molar-refractivity contribution < 1.29 is 18.0 Å². The Bertz CT molecular complexity index is 841. The lowest BCUT2D eigenvalue weighted by Gasteiger charge is -2.31. The third-order valence-electron chi connectivity index (χ3n) is 4.12. The third kappa shape index (κ3) is 2.27. The van der Waals surface area contributed by atoms with Gasteiger partial charge in [0.2, 0.25) is 5.95 Å². The third-order valence-corrected chi connectivity index (χ3v) is 4.12. The Morgan fingerprint density at radius 2 is 2.12 bits per heavy atom. The first kappa shape index (κ1) is 14.9. The van der Waals surface area contributed by atoms with E-state index < -0.39 is 18.0 Å². The van der Waals surface area contributed by atoms with Gasteiger partial charge in [0.25, 0.3) is 5.82 Å². The lowest BCUT2D eigenvalue weighted by Crippen LogP contribution is -2.31. The van der Waals surface area contributed by atoms with Gasteiger partial charge in [-0.05, 0) is 24.5 Å². The van der Waals surface area contributed by atoms with Crippen molar-refractivity contribution in [3.05, 3.63) is 47.2 Å². The summed E-state index contributed by atoms with van der Waals surface area (Å²) in [6, 6.07) is 2.64. The summed E-state index contributed by atoms with van der Waals surface area (Å²) >= 11 is 0. The number of Topliss-reactive ketones (excluding diaryl/α,β-unsaturated/α-hetero) is 1. The van der Waals surface area contributed by atoms with Gasteiger partial charge < -0.3 is 5.32 Å². The van der Waals surface area contributed by atoms with Crippen molar-refractivity contribution >= 4 is 11.7 Å². The number of nitrogens with zero attached hydrogens (tertiary/aromatic N) is 4. The molecule has 1 aliphatic heterocycles. The second kappa shape index (κ2) is 5.15. The Morgan fingerprint density at radius 3 is 2.83 bits per heavy atom. The van der Waals surface area contributed by atoms with E-state index in [2.05, 4.69) is 20.4 Å². The molecule has 0 amide bonds. The molecule has 24 heavy (non-hydrogen) atoms. The number of pyridine rings is 1. The number of alkyl halides is 3. The zero-order valence-corrected chi connectivity index (χ0v) is 12.3. The van der Waals surface area contributed by atoms with Gasteiger partial charge in [-0.25, -0.2) is 4.68 Å². The van der Waals surface area contributed by atoms with Crippen LogP contribution >= 0.6 is 0 Å². The zero-order valence-electron chi connectivity index (χ0n) is 12.3. The fraction of sp³-hybridized carbons (Fsp3) is 0.333. The van der Waals surface area contributed by atoms with E-state index in [-0.39, 0.29) is 11.7 Å². The van der Waals surface area contributed by atoms with Crippen molar-refractivity contribution in [1.82, 2.24) is 19.7 Å². The zero-order chi connectivity index (χ0) is 16.9. The normalized spacial score (nSPS) is 20.5. The Kier molecular flexibility index (Phi) is 3.19. The molecule has 1 aliphatic carbocycles. The van der Waals surface area contributed by atoms with Crippen LogP contribution in [0.25, 0.3) is 0 Å². The molecule has 124 valence electrons. The van der Waals surface area contributed by atoms with Crippen LogP contribution in [0.5, 0.6) is 0 Å². The molecule has 0 bridgehead atoms. The summed E-state index contributed by atoms with van der Waals surface area (Å²) in [4.78, 5) is 20.0. The smallest absolute Gasteiger partial charge is 0.328 e. The van der Waals surface area contributed by atoms with Crippen LogP contribution in [0.4, 0.5) is 19.1 Å². The van der Waals surface area contributed by atoms with E-state index in [1.165, 1.54) is 6.20 Å².